The van der Waals surface area contributed by atoms with Gasteiger partial charge in [0, 0.05) is 31.6 Å². The molecule has 6 nitrogen and oxygen atoms in total. The minimum Gasteiger partial charge on any atom is -0.395 e. The van der Waals surface area contributed by atoms with Gasteiger partial charge in [-0.3, -0.25) is 9.69 Å². The average molecular weight is 284 g/mol. The third-order valence-corrected chi connectivity index (χ3v) is 3.98. The lowest BCUT2D eigenvalue weighted by atomic mass is 10.3. The number of aliphatic hydroxyl groups excluding tert-OH is 1. The largest absolute Gasteiger partial charge is 0.395 e. The Morgan fingerprint density at radius 1 is 1.42 bits per heavy atom. The number of hydrogen-bond acceptors (Lipinski definition) is 6. The summed E-state index contributed by atoms with van der Waals surface area (Å²) in [6.45, 7) is 4.12. The number of aliphatic hydroxyl groups is 1. The van der Waals surface area contributed by atoms with Gasteiger partial charge >= 0.3 is 0 Å². The number of hydrogen-bond donors (Lipinski definition) is 2. The standard InChI is InChI=1S/C12H20N4O2S/c13-12-14-10(9-19-12)8-11(18)16-3-1-2-15(4-5-16)6-7-17/h9,17H,1-8H2,(H2,13,14). The molecule has 0 bridgehead atoms. The second-order valence-corrected chi connectivity index (χ2v) is 5.54. The van der Waals surface area contributed by atoms with Gasteiger partial charge in [0.2, 0.25) is 5.91 Å². The van der Waals surface area contributed by atoms with Crippen LogP contribution in [0.1, 0.15) is 12.1 Å². The maximum atomic E-state index is 12.2. The Kier molecular flexibility index (Phi) is 5.12. The molecule has 0 radical (unpaired) electrons. The SMILES string of the molecule is Nc1nc(CC(=O)N2CCCN(CCO)CC2)cs1. The predicted octanol–water partition coefficient (Wildman–Crippen LogP) is -0.206. The van der Waals surface area contributed by atoms with Crippen molar-refractivity contribution in [1.29, 1.82) is 0 Å². The van der Waals surface area contributed by atoms with E-state index >= 15 is 0 Å². The molecule has 1 aliphatic heterocycles. The van der Waals surface area contributed by atoms with Crippen LogP contribution in [-0.4, -0.2) is 65.1 Å². The van der Waals surface area contributed by atoms with E-state index in [-0.39, 0.29) is 12.5 Å². The molecular weight excluding hydrogens is 264 g/mol. The number of nitrogen functional groups attached to an aromatic ring is 1. The molecule has 106 valence electrons. The van der Waals surface area contributed by atoms with Crippen LogP contribution in [0.4, 0.5) is 5.13 Å². The fraction of sp³-hybridized carbons (Fsp3) is 0.667. The number of rotatable bonds is 4. The Bertz CT molecular complexity index is 424. The van der Waals surface area contributed by atoms with Crippen LogP contribution in [0.25, 0.3) is 0 Å². The Morgan fingerprint density at radius 3 is 2.95 bits per heavy atom. The molecule has 1 amide bonds. The molecule has 1 fully saturated rings. The zero-order chi connectivity index (χ0) is 13.7. The second-order valence-electron chi connectivity index (χ2n) is 4.65. The molecule has 0 spiro atoms. The average Bonchev–Trinajstić information content (AvgIpc) is 2.65. The Balaban J connectivity index is 1.85. The van der Waals surface area contributed by atoms with Crippen LogP contribution in [-0.2, 0) is 11.2 Å². The zero-order valence-corrected chi connectivity index (χ0v) is 11.7. The molecule has 1 aromatic rings. The number of aromatic nitrogens is 1. The zero-order valence-electron chi connectivity index (χ0n) is 10.9. The van der Waals surface area contributed by atoms with Crippen molar-refractivity contribution in [3.8, 4) is 0 Å². The molecule has 2 heterocycles. The first kappa shape index (κ1) is 14.2. The van der Waals surface area contributed by atoms with Gasteiger partial charge in [-0.05, 0) is 13.0 Å². The molecule has 0 atom stereocenters. The molecule has 0 aliphatic carbocycles. The van der Waals surface area contributed by atoms with Crippen molar-refractivity contribution < 1.29 is 9.90 Å². The highest BCUT2D eigenvalue weighted by atomic mass is 32.1. The molecule has 0 aromatic carbocycles. The Labute approximate surface area is 116 Å². The van der Waals surface area contributed by atoms with Gasteiger partial charge < -0.3 is 15.7 Å². The smallest absolute Gasteiger partial charge is 0.228 e. The van der Waals surface area contributed by atoms with Crippen molar-refractivity contribution in [2.75, 3.05) is 45.1 Å². The molecule has 2 rings (SSSR count). The van der Waals surface area contributed by atoms with Gasteiger partial charge in [0.1, 0.15) is 0 Å². The number of nitrogens with two attached hydrogens (primary N) is 1. The van der Waals surface area contributed by atoms with Gasteiger partial charge in [-0.1, -0.05) is 0 Å². The molecular formula is C12H20N4O2S. The lowest BCUT2D eigenvalue weighted by molar-refractivity contribution is -0.130. The van der Waals surface area contributed by atoms with Crippen LogP contribution < -0.4 is 5.73 Å². The monoisotopic (exact) mass is 284 g/mol. The van der Waals surface area contributed by atoms with E-state index in [0.717, 1.165) is 38.3 Å². The first-order valence-electron chi connectivity index (χ1n) is 6.50. The molecule has 0 unspecified atom stereocenters. The van der Waals surface area contributed by atoms with Gasteiger partial charge in [0.05, 0.1) is 18.7 Å². The van der Waals surface area contributed by atoms with E-state index in [4.69, 9.17) is 10.8 Å². The molecule has 3 N–H and O–H groups in total. The van der Waals surface area contributed by atoms with Crippen molar-refractivity contribution >= 4 is 22.4 Å². The lowest BCUT2D eigenvalue weighted by Gasteiger charge is -2.21. The highest BCUT2D eigenvalue weighted by molar-refractivity contribution is 7.13. The van der Waals surface area contributed by atoms with Crippen molar-refractivity contribution in [3.63, 3.8) is 0 Å². The van der Waals surface area contributed by atoms with E-state index in [2.05, 4.69) is 9.88 Å². The number of anilines is 1. The quantitative estimate of drug-likeness (QED) is 0.800. The molecule has 19 heavy (non-hydrogen) atoms. The summed E-state index contributed by atoms with van der Waals surface area (Å²) < 4.78 is 0. The summed E-state index contributed by atoms with van der Waals surface area (Å²) in [6.07, 6.45) is 1.28. The minimum atomic E-state index is 0.108. The summed E-state index contributed by atoms with van der Waals surface area (Å²) in [6, 6.07) is 0. The van der Waals surface area contributed by atoms with Gasteiger partial charge in [-0.15, -0.1) is 11.3 Å². The fourth-order valence-electron chi connectivity index (χ4n) is 2.26. The van der Waals surface area contributed by atoms with Crippen LogP contribution in [0.3, 0.4) is 0 Å². The van der Waals surface area contributed by atoms with Gasteiger partial charge in [-0.2, -0.15) is 0 Å². The molecule has 1 saturated heterocycles. The fourth-order valence-corrected chi connectivity index (χ4v) is 2.82. The highest BCUT2D eigenvalue weighted by Crippen LogP contribution is 2.13. The number of nitrogens with zero attached hydrogens (tertiary/aromatic N) is 3. The van der Waals surface area contributed by atoms with Crippen LogP contribution in [0, 0.1) is 0 Å². The summed E-state index contributed by atoms with van der Waals surface area (Å²) in [7, 11) is 0. The molecule has 7 heteroatoms. The number of thiazole rings is 1. The van der Waals surface area contributed by atoms with Gasteiger partial charge in [-0.25, -0.2) is 4.98 Å². The Hall–Kier alpha value is -1.18. The summed E-state index contributed by atoms with van der Waals surface area (Å²) in [5.74, 6) is 0.108. The highest BCUT2D eigenvalue weighted by Gasteiger charge is 2.19. The lowest BCUT2D eigenvalue weighted by Crippen LogP contribution is -2.36. The minimum absolute atomic E-state index is 0.108. The Morgan fingerprint density at radius 2 is 2.26 bits per heavy atom. The van der Waals surface area contributed by atoms with Gasteiger partial charge in [0.15, 0.2) is 5.13 Å². The van der Waals surface area contributed by atoms with E-state index < -0.39 is 0 Å². The summed E-state index contributed by atoms with van der Waals surface area (Å²) in [5, 5.41) is 11.3. The predicted molar refractivity (Wildman–Crippen MR) is 75.0 cm³/mol. The van der Waals surface area contributed by atoms with Crippen LogP contribution in [0.2, 0.25) is 0 Å². The molecule has 0 saturated carbocycles. The van der Waals surface area contributed by atoms with E-state index in [1.807, 2.05) is 10.3 Å². The number of β-amino-alcohol motifs (C(OH)–C–C–N with tert-alkyl or cyclic N) is 1. The molecule has 1 aromatic heterocycles. The van der Waals surface area contributed by atoms with Crippen molar-refractivity contribution in [2.45, 2.75) is 12.8 Å². The van der Waals surface area contributed by atoms with E-state index in [1.165, 1.54) is 11.3 Å². The van der Waals surface area contributed by atoms with Crippen molar-refractivity contribution in [2.24, 2.45) is 0 Å². The topological polar surface area (TPSA) is 82.7 Å². The van der Waals surface area contributed by atoms with Gasteiger partial charge in [0.25, 0.3) is 0 Å². The third kappa shape index (κ3) is 4.15. The third-order valence-electron chi connectivity index (χ3n) is 3.26. The van der Waals surface area contributed by atoms with Crippen molar-refractivity contribution in [3.05, 3.63) is 11.1 Å². The normalized spacial score (nSPS) is 17.4. The number of amides is 1. The summed E-state index contributed by atoms with van der Waals surface area (Å²) >= 11 is 1.36. The van der Waals surface area contributed by atoms with Crippen molar-refractivity contribution in [1.82, 2.24) is 14.8 Å². The van der Waals surface area contributed by atoms with Crippen LogP contribution in [0.5, 0.6) is 0 Å². The van der Waals surface area contributed by atoms with E-state index in [0.29, 0.717) is 18.1 Å². The van der Waals surface area contributed by atoms with Crippen LogP contribution >= 0.6 is 11.3 Å². The number of carbonyl (C=O) groups excluding carboxylic acids is 1. The van der Waals surface area contributed by atoms with E-state index in [1.54, 1.807) is 0 Å². The second kappa shape index (κ2) is 6.83. The number of carbonyl (C=O) groups is 1. The van der Waals surface area contributed by atoms with Crippen LogP contribution in [0.15, 0.2) is 5.38 Å². The first-order valence-corrected chi connectivity index (χ1v) is 7.38. The maximum Gasteiger partial charge on any atom is 0.228 e. The van der Waals surface area contributed by atoms with E-state index in [9.17, 15) is 4.79 Å². The first-order chi connectivity index (χ1) is 9.19. The maximum absolute atomic E-state index is 12.2. The molecule has 1 aliphatic rings. The summed E-state index contributed by atoms with van der Waals surface area (Å²) in [5.41, 5.74) is 6.32. The summed E-state index contributed by atoms with van der Waals surface area (Å²) in [4.78, 5) is 20.4.